The average Bonchev–Trinajstić information content (AvgIpc) is 3.24. The smallest absolute Gasteiger partial charge is 0.328 e. The summed E-state index contributed by atoms with van der Waals surface area (Å²) in [7, 11) is -3.74. The van der Waals surface area contributed by atoms with Gasteiger partial charge in [0.2, 0.25) is 0 Å². The number of unbranched alkanes of at least 4 members (excludes halogenated alkanes) is 1. The number of aryl methyl sites for hydroxylation is 2. The van der Waals surface area contributed by atoms with E-state index in [9.17, 15) is 13.2 Å². The average molecular weight is 519 g/mol. The second kappa shape index (κ2) is 10.0. The summed E-state index contributed by atoms with van der Waals surface area (Å²) in [6, 6.07) is 17.3. The standard InChI is InChI=1S/C29H30N2O5S/c1-4-6-17-37(33,34)36-30-24-15-16-35-29-22(24)12-14-26-27(29)23-18-20(11-13-25(23)31(26)5-2)28(32)21-10-8-7-9-19(21)3/h7-14,18H,4-6,15-17H2,1-3H3/b30-24+. The van der Waals surface area contributed by atoms with E-state index < -0.39 is 10.1 Å². The van der Waals surface area contributed by atoms with Crippen LogP contribution in [-0.4, -0.2) is 36.8 Å². The minimum atomic E-state index is -3.74. The molecular formula is C29H30N2O5S. The second-order valence-electron chi connectivity index (χ2n) is 9.28. The third-order valence-corrected chi connectivity index (χ3v) is 7.95. The van der Waals surface area contributed by atoms with Crippen LogP contribution in [0.3, 0.4) is 0 Å². The Morgan fingerprint density at radius 3 is 2.62 bits per heavy atom. The molecule has 0 unspecified atom stereocenters. The van der Waals surface area contributed by atoms with Crippen LogP contribution in [0.15, 0.2) is 59.8 Å². The number of aromatic nitrogens is 1. The van der Waals surface area contributed by atoms with E-state index in [1.165, 1.54) is 0 Å². The molecule has 0 saturated heterocycles. The van der Waals surface area contributed by atoms with Gasteiger partial charge in [0.25, 0.3) is 0 Å². The second-order valence-corrected chi connectivity index (χ2v) is 11.0. The van der Waals surface area contributed by atoms with E-state index >= 15 is 0 Å². The lowest BCUT2D eigenvalue weighted by molar-refractivity contribution is 0.103. The fraction of sp³-hybridized carbons (Fsp3) is 0.310. The van der Waals surface area contributed by atoms with Crippen LogP contribution in [0, 0.1) is 6.92 Å². The molecule has 0 atom stereocenters. The zero-order valence-corrected chi connectivity index (χ0v) is 22.1. The molecule has 1 aliphatic heterocycles. The molecule has 0 N–H and O–H groups in total. The number of hydrogen-bond acceptors (Lipinski definition) is 6. The molecule has 192 valence electrons. The maximum absolute atomic E-state index is 13.4. The van der Waals surface area contributed by atoms with Crippen molar-refractivity contribution < 1.29 is 22.2 Å². The molecule has 0 amide bonds. The summed E-state index contributed by atoms with van der Waals surface area (Å²) in [4.78, 5) is 13.4. The highest BCUT2D eigenvalue weighted by Crippen LogP contribution is 2.41. The van der Waals surface area contributed by atoms with Gasteiger partial charge in [0, 0.05) is 40.6 Å². The van der Waals surface area contributed by atoms with Crippen LogP contribution in [0.1, 0.15) is 60.2 Å². The van der Waals surface area contributed by atoms with Gasteiger partial charge < -0.3 is 9.30 Å². The Kier molecular flexibility index (Phi) is 6.77. The first-order valence-corrected chi connectivity index (χ1v) is 14.2. The van der Waals surface area contributed by atoms with Crippen molar-refractivity contribution in [3.05, 3.63) is 76.9 Å². The third-order valence-electron chi connectivity index (χ3n) is 6.86. The number of fused-ring (bicyclic) bond motifs is 5. The summed E-state index contributed by atoms with van der Waals surface area (Å²) in [6.45, 7) is 7.03. The largest absolute Gasteiger partial charge is 0.492 e. The zero-order chi connectivity index (χ0) is 26.2. The van der Waals surface area contributed by atoms with Crippen LogP contribution in [0.5, 0.6) is 5.75 Å². The highest BCUT2D eigenvalue weighted by Gasteiger charge is 2.25. The highest BCUT2D eigenvalue weighted by molar-refractivity contribution is 7.86. The summed E-state index contributed by atoms with van der Waals surface area (Å²) >= 11 is 0. The molecule has 7 nitrogen and oxygen atoms in total. The van der Waals surface area contributed by atoms with Gasteiger partial charge in [-0.3, -0.25) is 9.08 Å². The maximum atomic E-state index is 13.4. The molecule has 1 aliphatic rings. The van der Waals surface area contributed by atoms with E-state index in [0.29, 0.717) is 47.6 Å². The van der Waals surface area contributed by atoms with Crippen LogP contribution in [-0.2, 0) is 20.9 Å². The minimum Gasteiger partial charge on any atom is -0.492 e. The Balaban J connectivity index is 1.65. The number of benzene rings is 3. The topological polar surface area (TPSA) is 87.0 Å². The van der Waals surface area contributed by atoms with E-state index in [1.54, 1.807) is 0 Å². The van der Waals surface area contributed by atoms with E-state index in [4.69, 9.17) is 9.02 Å². The molecule has 1 aromatic heterocycles. The number of rotatable bonds is 8. The van der Waals surface area contributed by atoms with Crippen molar-refractivity contribution in [2.24, 2.45) is 5.16 Å². The number of hydrogen-bond donors (Lipinski definition) is 0. The van der Waals surface area contributed by atoms with Crippen LogP contribution in [0.4, 0.5) is 0 Å². The Morgan fingerprint density at radius 2 is 1.86 bits per heavy atom. The molecule has 0 bridgehead atoms. The van der Waals surface area contributed by atoms with Crippen molar-refractivity contribution in [2.45, 2.75) is 46.6 Å². The first-order valence-electron chi connectivity index (χ1n) is 12.6. The van der Waals surface area contributed by atoms with Gasteiger partial charge in [0.05, 0.1) is 29.0 Å². The van der Waals surface area contributed by atoms with Crippen molar-refractivity contribution in [2.75, 3.05) is 12.4 Å². The third kappa shape index (κ3) is 4.62. The number of ether oxygens (including phenoxy) is 1. The lowest BCUT2D eigenvalue weighted by Gasteiger charge is -2.20. The molecule has 8 heteroatoms. The van der Waals surface area contributed by atoms with Crippen molar-refractivity contribution in [1.82, 2.24) is 4.57 Å². The van der Waals surface area contributed by atoms with Gasteiger partial charge in [-0.05, 0) is 56.2 Å². The molecule has 0 saturated carbocycles. The van der Waals surface area contributed by atoms with E-state index in [0.717, 1.165) is 40.3 Å². The van der Waals surface area contributed by atoms with Crippen molar-refractivity contribution >= 4 is 43.4 Å². The molecule has 37 heavy (non-hydrogen) atoms. The molecule has 0 aliphatic carbocycles. The number of nitrogens with zero attached hydrogens (tertiary/aromatic N) is 2. The fourth-order valence-corrected chi connectivity index (χ4v) is 5.86. The number of ketones is 1. The SMILES string of the molecule is CCCCS(=O)(=O)O/N=C1\CCOc2c1ccc1c2c2cc(C(=O)c3ccccc3C)ccc2n1CC. The summed E-state index contributed by atoms with van der Waals surface area (Å²) in [5, 5.41) is 5.84. The van der Waals surface area contributed by atoms with Gasteiger partial charge >= 0.3 is 10.1 Å². The zero-order valence-electron chi connectivity index (χ0n) is 21.3. The first-order chi connectivity index (χ1) is 17.8. The molecule has 0 fully saturated rings. The van der Waals surface area contributed by atoms with E-state index in [-0.39, 0.29) is 11.5 Å². The summed E-state index contributed by atoms with van der Waals surface area (Å²) in [6.07, 6.45) is 1.71. The molecule has 2 heterocycles. The predicted molar refractivity (Wildman–Crippen MR) is 146 cm³/mol. The number of carbonyl (C=O) groups is 1. The van der Waals surface area contributed by atoms with Crippen LogP contribution in [0.25, 0.3) is 21.8 Å². The number of carbonyl (C=O) groups excluding carboxylic acids is 1. The lowest BCUT2D eigenvalue weighted by atomic mass is 9.96. The summed E-state index contributed by atoms with van der Waals surface area (Å²) in [5.41, 5.74) is 5.43. The van der Waals surface area contributed by atoms with Gasteiger partial charge in [0.1, 0.15) is 5.75 Å². The number of oxime groups is 1. The highest BCUT2D eigenvalue weighted by atomic mass is 32.2. The van der Waals surface area contributed by atoms with Gasteiger partial charge in [-0.2, -0.15) is 8.42 Å². The lowest BCUT2D eigenvalue weighted by Crippen LogP contribution is -2.18. The molecule has 5 rings (SSSR count). The van der Waals surface area contributed by atoms with Crippen molar-refractivity contribution in [3.63, 3.8) is 0 Å². The van der Waals surface area contributed by atoms with Crippen molar-refractivity contribution in [3.8, 4) is 5.75 Å². The Hall–Kier alpha value is -3.65. The molecule has 3 aromatic carbocycles. The van der Waals surface area contributed by atoms with E-state index in [2.05, 4.69) is 16.6 Å². The molecule has 0 spiro atoms. The van der Waals surface area contributed by atoms with Gasteiger partial charge in [0.15, 0.2) is 5.78 Å². The Morgan fingerprint density at radius 1 is 1.08 bits per heavy atom. The van der Waals surface area contributed by atoms with Crippen molar-refractivity contribution in [1.29, 1.82) is 0 Å². The quantitative estimate of drug-likeness (QED) is 0.211. The Labute approximate surface area is 216 Å². The maximum Gasteiger partial charge on any atom is 0.328 e. The Bertz CT molecular complexity index is 1650. The van der Waals surface area contributed by atoms with Gasteiger partial charge in [-0.25, -0.2) is 0 Å². The normalized spacial score (nSPS) is 14.6. The monoisotopic (exact) mass is 518 g/mol. The summed E-state index contributed by atoms with van der Waals surface area (Å²) in [5.74, 6) is 0.537. The molecule has 0 radical (unpaired) electrons. The first kappa shape index (κ1) is 25.0. The van der Waals surface area contributed by atoms with Gasteiger partial charge in [-0.1, -0.05) is 42.8 Å². The van der Waals surface area contributed by atoms with E-state index in [1.807, 2.05) is 68.4 Å². The van der Waals surface area contributed by atoms with Crippen LogP contribution in [0.2, 0.25) is 0 Å². The fourth-order valence-electron chi connectivity index (χ4n) is 4.94. The molecular weight excluding hydrogens is 488 g/mol. The van der Waals surface area contributed by atoms with Crippen LogP contribution < -0.4 is 4.74 Å². The molecule has 4 aromatic rings. The predicted octanol–water partition coefficient (Wildman–Crippen LogP) is 5.99. The minimum absolute atomic E-state index is 0.0314. The summed E-state index contributed by atoms with van der Waals surface area (Å²) < 4.78 is 37.8. The van der Waals surface area contributed by atoms with Crippen LogP contribution >= 0.6 is 0 Å². The van der Waals surface area contributed by atoms with Gasteiger partial charge in [-0.15, -0.1) is 0 Å².